The molecule has 0 fully saturated rings. The molecular weight excluding hydrogens is 435 g/mol. The van der Waals surface area contributed by atoms with Gasteiger partial charge >= 0.3 is 0 Å². The number of hydrogen-bond acceptors (Lipinski definition) is 5. The van der Waals surface area contributed by atoms with E-state index in [4.69, 9.17) is 50.9 Å². The van der Waals surface area contributed by atoms with Crippen LogP contribution in [0.25, 0.3) is 0 Å². The fourth-order valence-electron chi connectivity index (χ4n) is 3.06. The predicted octanol–water partition coefficient (Wildman–Crippen LogP) is 4.74. The summed E-state index contributed by atoms with van der Waals surface area (Å²) in [5.41, 5.74) is 22.8. The van der Waals surface area contributed by atoms with E-state index in [1.165, 1.54) is 24.3 Å². The van der Waals surface area contributed by atoms with E-state index in [1.807, 2.05) is 0 Å². The highest BCUT2D eigenvalue weighted by Gasteiger charge is 2.31. The molecule has 8 N–H and O–H groups in total. The number of ether oxygens (including phenoxy) is 1. The lowest BCUT2D eigenvalue weighted by atomic mass is 9.95. The second kappa shape index (κ2) is 9.60. The van der Waals surface area contributed by atoms with Gasteiger partial charge in [-0.25, -0.2) is 17.6 Å². The van der Waals surface area contributed by atoms with Gasteiger partial charge in [0, 0.05) is 43.9 Å². The van der Waals surface area contributed by atoms with Crippen LogP contribution in [0.2, 0.25) is 10.0 Å². The first-order valence-electron chi connectivity index (χ1n) is 8.35. The molecule has 0 aliphatic heterocycles. The topological polar surface area (TPSA) is 113 Å². The van der Waals surface area contributed by atoms with Crippen molar-refractivity contribution in [3.05, 3.63) is 45.4 Å². The van der Waals surface area contributed by atoms with E-state index >= 15 is 0 Å². The molecule has 2 atom stereocenters. The third-order valence-electron chi connectivity index (χ3n) is 4.36. The van der Waals surface area contributed by atoms with Gasteiger partial charge in [-0.2, -0.15) is 0 Å². The molecule has 0 aromatic heterocycles. The Kier molecular flexibility index (Phi) is 7.67. The van der Waals surface area contributed by atoms with Crippen molar-refractivity contribution in [1.82, 2.24) is 0 Å². The van der Waals surface area contributed by atoms with Gasteiger partial charge in [-0.05, 0) is 24.3 Å². The molecule has 0 spiro atoms. The molecule has 0 bridgehead atoms. The van der Waals surface area contributed by atoms with Crippen LogP contribution in [-0.4, -0.2) is 26.1 Å². The summed E-state index contributed by atoms with van der Waals surface area (Å²) in [6.07, 6.45) is -5.81. The molecule has 0 amide bonds. The zero-order chi connectivity index (χ0) is 21.9. The molecule has 0 saturated carbocycles. The summed E-state index contributed by atoms with van der Waals surface area (Å²) in [5, 5.41) is 0.369. The average Bonchev–Trinajstić information content (AvgIpc) is 2.56. The van der Waals surface area contributed by atoms with E-state index in [2.05, 4.69) is 0 Å². The molecule has 0 aliphatic carbocycles. The number of alkyl halides is 4. The maximum atomic E-state index is 13.6. The van der Waals surface area contributed by atoms with Gasteiger partial charge in [0.25, 0.3) is 0 Å². The van der Waals surface area contributed by atoms with Crippen LogP contribution in [0.1, 0.15) is 23.0 Å². The monoisotopic (exact) mass is 454 g/mol. The molecule has 5 nitrogen and oxygen atoms in total. The first-order chi connectivity index (χ1) is 13.5. The zero-order valence-corrected chi connectivity index (χ0v) is 16.5. The number of hydrogen-bond donors (Lipinski definition) is 4. The summed E-state index contributed by atoms with van der Waals surface area (Å²) < 4.78 is 59.6. The Morgan fingerprint density at radius 1 is 0.655 bits per heavy atom. The van der Waals surface area contributed by atoms with Crippen molar-refractivity contribution in [3.8, 4) is 0 Å². The van der Waals surface area contributed by atoms with E-state index in [0.717, 1.165) is 0 Å². The Bertz CT molecular complexity index is 754. The Balaban J connectivity index is 2.22. The minimum absolute atomic E-state index is 0.0412. The summed E-state index contributed by atoms with van der Waals surface area (Å²) in [5.74, 6) is -3.07. The number of halogens is 6. The van der Waals surface area contributed by atoms with Crippen molar-refractivity contribution in [1.29, 1.82) is 0 Å². The van der Waals surface area contributed by atoms with E-state index in [9.17, 15) is 17.6 Å². The molecule has 0 heterocycles. The highest BCUT2D eigenvalue weighted by atomic mass is 35.5. The zero-order valence-electron chi connectivity index (χ0n) is 15.0. The van der Waals surface area contributed by atoms with Crippen molar-refractivity contribution in [2.24, 2.45) is 0 Å². The first-order valence-corrected chi connectivity index (χ1v) is 9.11. The molecule has 0 radical (unpaired) electrons. The van der Waals surface area contributed by atoms with Crippen LogP contribution in [-0.2, 0) is 4.74 Å². The fraction of sp³-hybridized carbons (Fsp3) is 0.333. The molecule has 0 aliphatic rings. The first kappa shape index (κ1) is 23.2. The van der Waals surface area contributed by atoms with Gasteiger partial charge in [-0.15, -0.1) is 0 Å². The maximum Gasteiger partial charge on any atom is 0.247 e. The maximum absolute atomic E-state index is 13.6. The Hall–Kier alpha value is -2.10. The second-order valence-corrected chi connectivity index (χ2v) is 7.29. The van der Waals surface area contributed by atoms with Gasteiger partial charge in [0.1, 0.15) is 0 Å². The summed E-state index contributed by atoms with van der Waals surface area (Å²) >= 11 is 11.6. The van der Waals surface area contributed by atoms with E-state index in [-0.39, 0.29) is 43.9 Å². The lowest BCUT2D eigenvalue weighted by Gasteiger charge is -2.24. The average molecular weight is 455 g/mol. The van der Waals surface area contributed by atoms with Gasteiger partial charge in [0.15, 0.2) is 0 Å². The largest absolute Gasteiger partial charge is 0.398 e. The minimum Gasteiger partial charge on any atom is -0.398 e. The molecule has 160 valence electrons. The SMILES string of the molecule is Nc1cc(Cl)cc(N)c1C(COCC(c1c(N)cc(Cl)cc1N)C(F)F)C(F)F. The lowest BCUT2D eigenvalue weighted by molar-refractivity contribution is 0.0122. The Morgan fingerprint density at radius 2 is 0.931 bits per heavy atom. The highest BCUT2D eigenvalue weighted by molar-refractivity contribution is 6.31. The number of nitrogen functional groups attached to an aromatic ring is 4. The smallest absolute Gasteiger partial charge is 0.247 e. The molecule has 2 aromatic rings. The number of benzene rings is 2. The summed E-state index contributed by atoms with van der Waals surface area (Å²) in [6, 6.07) is 5.11. The van der Waals surface area contributed by atoms with Gasteiger partial charge in [-0.3, -0.25) is 0 Å². The lowest BCUT2D eigenvalue weighted by Crippen LogP contribution is -2.24. The third-order valence-corrected chi connectivity index (χ3v) is 4.80. The molecule has 0 saturated heterocycles. The van der Waals surface area contributed by atoms with E-state index in [0.29, 0.717) is 0 Å². The molecular formula is C18H20Cl2F4N4O. The molecule has 11 heteroatoms. The third kappa shape index (κ3) is 5.49. The van der Waals surface area contributed by atoms with Gasteiger partial charge in [0.05, 0.1) is 25.0 Å². The number of anilines is 4. The molecule has 2 rings (SSSR count). The summed E-state index contributed by atoms with van der Waals surface area (Å²) in [7, 11) is 0. The standard InChI is InChI=1S/C18H20Cl2F4N4O/c19-7-1-11(25)15(12(26)2-7)9(17(21)22)5-29-6-10(18(23)24)16-13(27)3-8(20)4-14(16)28/h1-4,9-10,17-18H,5-6,25-28H2. The summed E-state index contributed by atoms with van der Waals surface area (Å²) in [4.78, 5) is 0. The van der Waals surface area contributed by atoms with Crippen molar-refractivity contribution in [2.75, 3.05) is 36.1 Å². The van der Waals surface area contributed by atoms with E-state index in [1.54, 1.807) is 0 Å². The van der Waals surface area contributed by atoms with Crippen molar-refractivity contribution >= 4 is 46.0 Å². The minimum atomic E-state index is -2.91. The van der Waals surface area contributed by atoms with Crippen molar-refractivity contribution in [2.45, 2.75) is 24.7 Å². The molecule has 2 aromatic carbocycles. The predicted molar refractivity (Wildman–Crippen MR) is 109 cm³/mol. The molecule has 2 unspecified atom stereocenters. The van der Waals surface area contributed by atoms with Crippen LogP contribution >= 0.6 is 23.2 Å². The highest BCUT2D eigenvalue weighted by Crippen LogP contribution is 2.38. The van der Waals surface area contributed by atoms with Gasteiger partial charge in [-0.1, -0.05) is 23.2 Å². The van der Waals surface area contributed by atoms with Crippen molar-refractivity contribution < 1.29 is 22.3 Å². The van der Waals surface area contributed by atoms with Crippen LogP contribution in [0.4, 0.5) is 40.3 Å². The number of nitrogens with two attached hydrogens (primary N) is 4. The van der Waals surface area contributed by atoms with Gasteiger partial charge < -0.3 is 27.7 Å². The van der Waals surface area contributed by atoms with Crippen LogP contribution < -0.4 is 22.9 Å². The quantitative estimate of drug-likeness (QED) is 0.339. The van der Waals surface area contributed by atoms with Crippen LogP contribution in [0.15, 0.2) is 24.3 Å². The van der Waals surface area contributed by atoms with Crippen molar-refractivity contribution in [3.63, 3.8) is 0 Å². The normalized spacial score (nSPS) is 13.8. The second-order valence-electron chi connectivity index (χ2n) is 6.42. The fourth-order valence-corrected chi connectivity index (χ4v) is 3.53. The van der Waals surface area contributed by atoms with Crippen LogP contribution in [0.3, 0.4) is 0 Å². The molecule has 29 heavy (non-hydrogen) atoms. The van der Waals surface area contributed by atoms with Gasteiger partial charge in [0.2, 0.25) is 12.9 Å². The summed E-state index contributed by atoms with van der Waals surface area (Å²) in [6.45, 7) is -1.21. The Labute approximate surface area is 174 Å². The van der Waals surface area contributed by atoms with E-state index < -0.39 is 37.9 Å². The Morgan fingerprint density at radius 3 is 1.17 bits per heavy atom. The number of rotatable bonds is 8. The van der Waals surface area contributed by atoms with Crippen LogP contribution in [0, 0.1) is 0 Å². The van der Waals surface area contributed by atoms with Crippen LogP contribution in [0.5, 0.6) is 0 Å².